The van der Waals surface area contributed by atoms with E-state index in [0.717, 1.165) is 18.7 Å². The molecule has 1 N–H and O–H groups in total. The maximum absolute atomic E-state index is 5.50. The second-order valence-electron chi connectivity index (χ2n) is 4.21. The molecule has 0 amide bonds. The first-order valence-corrected chi connectivity index (χ1v) is 6.06. The molecule has 0 saturated heterocycles. The molecule has 2 heteroatoms. The van der Waals surface area contributed by atoms with Gasteiger partial charge >= 0.3 is 0 Å². The molecule has 2 nitrogen and oxygen atoms in total. The van der Waals surface area contributed by atoms with Crippen LogP contribution in [0.2, 0.25) is 0 Å². The maximum atomic E-state index is 5.50. The van der Waals surface area contributed by atoms with E-state index in [4.69, 9.17) is 4.42 Å². The summed E-state index contributed by atoms with van der Waals surface area (Å²) in [4.78, 5) is 0. The van der Waals surface area contributed by atoms with Crippen LogP contribution in [0.1, 0.15) is 51.8 Å². The molecular weight excluding hydrogens is 186 g/mol. The first-order valence-electron chi connectivity index (χ1n) is 6.06. The van der Waals surface area contributed by atoms with Gasteiger partial charge in [0.2, 0.25) is 0 Å². The molecule has 0 aromatic carbocycles. The zero-order valence-corrected chi connectivity index (χ0v) is 10.1. The Labute approximate surface area is 93.1 Å². The molecule has 2 unspecified atom stereocenters. The van der Waals surface area contributed by atoms with E-state index < -0.39 is 0 Å². The van der Waals surface area contributed by atoms with Crippen LogP contribution in [0.4, 0.5) is 0 Å². The molecule has 0 radical (unpaired) electrons. The van der Waals surface area contributed by atoms with E-state index in [2.05, 4.69) is 32.2 Å². The Balaban J connectivity index is 2.60. The summed E-state index contributed by atoms with van der Waals surface area (Å²) >= 11 is 0. The predicted octanol–water partition coefficient (Wildman–Crippen LogP) is 3.76. The lowest BCUT2D eigenvalue weighted by Gasteiger charge is -2.22. The van der Waals surface area contributed by atoms with Crippen LogP contribution in [0.25, 0.3) is 0 Å². The highest BCUT2D eigenvalue weighted by Gasteiger charge is 2.19. The summed E-state index contributed by atoms with van der Waals surface area (Å²) < 4.78 is 5.50. The highest BCUT2D eigenvalue weighted by atomic mass is 16.3. The van der Waals surface area contributed by atoms with Crippen molar-refractivity contribution in [3.8, 4) is 0 Å². The van der Waals surface area contributed by atoms with Crippen LogP contribution in [0.3, 0.4) is 0 Å². The van der Waals surface area contributed by atoms with Crippen molar-refractivity contribution >= 4 is 0 Å². The van der Waals surface area contributed by atoms with Gasteiger partial charge in [0.1, 0.15) is 5.76 Å². The van der Waals surface area contributed by atoms with Gasteiger partial charge in [0.15, 0.2) is 0 Å². The minimum absolute atomic E-state index is 0.375. The molecule has 1 heterocycles. The molecule has 86 valence electrons. The fourth-order valence-electron chi connectivity index (χ4n) is 1.97. The third kappa shape index (κ3) is 3.71. The third-order valence-corrected chi connectivity index (χ3v) is 2.78. The molecule has 0 aliphatic carbocycles. The fourth-order valence-corrected chi connectivity index (χ4v) is 1.97. The van der Waals surface area contributed by atoms with E-state index in [1.165, 1.54) is 12.8 Å². The Morgan fingerprint density at radius 3 is 2.67 bits per heavy atom. The molecule has 0 aliphatic heterocycles. The lowest BCUT2D eigenvalue weighted by atomic mass is 9.95. The fraction of sp³-hybridized carbons (Fsp3) is 0.692. The van der Waals surface area contributed by atoms with Gasteiger partial charge in [-0.3, -0.25) is 0 Å². The van der Waals surface area contributed by atoms with Crippen molar-refractivity contribution in [1.29, 1.82) is 0 Å². The van der Waals surface area contributed by atoms with E-state index in [1.54, 1.807) is 6.26 Å². The summed E-state index contributed by atoms with van der Waals surface area (Å²) in [5.74, 6) is 1.71. The molecule has 0 saturated carbocycles. The SMILES string of the molecule is CCCNC(c1ccco1)C(C)CCC. The van der Waals surface area contributed by atoms with E-state index in [0.29, 0.717) is 12.0 Å². The van der Waals surface area contributed by atoms with Crippen molar-refractivity contribution in [1.82, 2.24) is 5.32 Å². The van der Waals surface area contributed by atoms with Crippen molar-refractivity contribution in [3.05, 3.63) is 24.2 Å². The zero-order valence-electron chi connectivity index (χ0n) is 10.1. The molecule has 1 rings (SSSR count). The minimum atomic E-state index is 0.375. The van der Waals surface area contributed by atoms with Crippen LogP contribution < -0.4 is 5.32 Å². The Morgan fingerprint density at radius 2 is 2.13 bits per heavy atom. The van der Waals surface area contributed by atoms with Crippen LogP contribution >= 0.6 is 0 Å². The lowest BCUT2D eigenvalue weighted by molar-refractivity contribution is 0.311. The van der Waals surface area contributed by atoms with E-state index in [9.17, 15) is 0 Å². The number of nitrogens with one attached hydrogen (secondary N) is 1. The van der Waals surface area contributed by atoms with Crippen LogP contribution in [0.15, 0.2) is 22.8 Å². The monoisotopic (exact) mass is 209 g/mol. The summed E-state index contributed by atoms with van der Waals surface area (Å²) in [7, 11) is 0. The molecule has 15 heavy (non-hydrogen) atoms. The van der Waals surface area contributed by atoms with Crippen LogP contribution in [0, 0.1) is 5.92 Å². The highest BCUT2D eigenvalue weighted by molar-refractivity contribution is 5.05. The van der Waals surface area contributed by atoms with Crippen molar-refractivity contribution in [2.75, 3.05) is 6.54 Å². The first kappa shape index (κ1) is 12.3. The highest BCUT2D eigenvalue weighted by Crippen LogP contribution is 2.25. The van der Waals surface area contributed by atoms with Gasteiger partial charge in [0.25, 0.3) is 0 Å². The summed E-state index contributed by atoms with van der Waals surface area (Å²) in [6.07, 6.45) is 5.39. The Hall–Kier alpha value is -0.760. The number of hydrogen-bond donors (Lipinski definition) is 1. The van der Waals surface area contributed by atoms with Gasteiger partial charge in [-0.1, -0.05) is 27.2 Å². The Bertz CT molecular complexity index is 243. The van der Waals surface area contributed by atoms with Gasteiger partial charge in [-0.25, -0.2) is 0 Å². The van der Waals surface area contributed by atoms with Gasteiger partial charge in [0.05, 0.1) is 12.3 Å². The van der Waals surface area contributed by atoms with E-state index in [-0.39, 0.29) is 0 Å². The molecule has 2 atom stereocenters. The first-order chi connectivity index (χ1) is 7.29. The number of hydrogen-bond acceptors (Lipinski definition) is 2. The van der Waals surface area contributed by atoms with Gasteiger partial charge < -0.3 is 9.73 Å². The lowest BCUT2D eigenvalue weighted by Crippen LogP contribution is -2.27. The van der Waals surface area contributed by atoms with Crippen molar-refractivity contribution in [2.45, 2.75) is 46.1 Å². The largest absolute Gasteiger partial charge is 0.468 e. The molecular formula is C13H23NO. The topological polar surface area (TPSA) is 25.2 Å². The van der Waals surface area contributed by atoms with Crippen LogP contribution in [-0.4, -0.2) is 6.54 Å². The van der Waals surface area contributed by atoms with Gasteiger partial charge in [-0.15, -0.1) is 0 Å². The Kier molecular flexibility index (Phi) is 5.48. The average molecular weight is 209 g/mol. The van der Waals surface area contributed by atoms with Gasteiger partial charge in [0, 0.05) is 0 Å². The van der Waals surface area contributed by atoms with E-state index >= 15 is 0 Å². The standard InChI is InChI=1S/C13H23NO/c1-4-7-11(3)13(14-9-5-2)12-8-6-10-15-12/h6,8,10-11,13-14H,4-5,7,9H2,1-3H3. The molecule has 0 aliphatic rings. The van der Waals surface area contributed by atoms with E-state index in [1.807, 2.05) is 6.07 Å². The third-order valence-electron chi connectivity index (χ3n) is 2.78. The zero-order chi connectivity index (χ0) is 11.1. The Morgan fingerprint density at radius 1 is 1.33 bits per heavy atom. The van der Waals surface area contributed by atoms with Crippen molar-refractivity contribution in [2.24, 2.45) is 5.92 Å². The molecule has 1 aromatic heterocycles. The summed E-state index contributed by atoms with van der Waals surface area (Å²) in [6.45, 7) is 7.77. The van der Waals surface area contributed by atoms with Crippen LogP contribution in [0.5, 0.6) is 0 Å². The smallest absolute Gasteiger partial charge is 0.120 e. The molecule has 0 fully saturated rings. The second kappa shape index (κ2) is 6.67. The summed E-state index contributed by atoms with van der Waals surface area (Å²) in [5.41, 5.74) is 0. The molecule has 0 bridgehead atoms. The van der Waals surface area contributed by atoms with Gasteiger partial charge in [-0.2, -0.15) is 0 Å². The molecule has 0 spiro atoms. The maximum Gasteiger partial charge on any atom is 0.120 e. The molecule has 1 aromatic rings. The summed E-state index contributed by atoms with van der Waals surface area (Å²) in [6, 6.07) is 4.41. The minimum Gasteiger partial charge on any atom is -0.468 e. The van der Waals surface area contributed by atoms with Gasteiger partial charge in [-0.05, 0) is 37.4 Å². The average Bonchev–Trinajstić information content (AvgIpc) is 2.72. The van der Waals surface area contributed by atoms with Crippen LogP contribution in [-0.2, 0) is 0 Å². The number of rotatable bonds is 7. The number of furan rings is 1. The van der Waals surface area contributed by atoms with Crippen molar-refractivity contribution in [3.63, 3.8) is 0 Å². The quantitative estimate of drug-likeness (QED) is 0.739. The normalized spacial score (nSPS) is 15.1. The van der Waals surface area contributed by atoms with Crippen molar-refractivity contribution < 1.29 is 4.42 Å². The second-order valence-corrected chi connectivity index (χ2v) is 4.21. The predicted molar refractivity (Wildman–Crippen MR) is 63.8 cm³/mol. The summed E-state index contributed by atoms with van der Waals surface area (Å²) in [5, 5.41) is 3.56.